The molecule has 4 atom stereocenters. The average Bonchev–Trinajstić information content (AvgIpc) is 3.30. The van der Waals surface area contributed by atoms with E-state index in [-0.39, 0.29) is 11.9 Å². The van der Waals surface area contributed by atoms with Crippen molar-refractivity contribution < 1.29 is 9.32 Å². The monoisotopic (exact) mass is 324 g/mol. The second-order valence-corrected chi connectivity index (χ2v) is 7.43. The lowest BCUT2D eigenvalue weighted by molar-refractivity contribution is 0.0914. The number of carbonyl (C=O) groups is 1. The Hall–Kier alpha value is -2.10. The molecule has 126 valence electrons. The highest BCUT2D eigenvalue weighted by Gasteiger charge is 2.42. The summed E-state index contributed by atoms with van der Waals surface area (Å²) in [5.74, 6) is 2.81. The molecule has 2 fully saturated rings. The van der Waals surface area contributed by atoms with Gasteiger partial charge in [0.25, 0.3) is 5.91 Å². The zero-order chi connectivity index (χ0) is 16.7. The van der Waals surface area contributed by atoms with Crippen LogP contribution in [-0.2, 0) is 0 Å². The summed E-state index contributed by atoms with van der Waals surface area (Å²) < 4.78 is 5.32. The Balaban J connectivity index is 1.54. The number of fused-ring (bicyclic) bond motifs is 2. The van der Waals surface area contributed by atoms with Gasteiger partial charge in [0.1, 0.15) is 17.0 Å². The lowest BCUT2D eigenvalue weighted by atomic mass is 9.84. The Morgan fingerprint density at radius 2 is 2.04 bits per heavy atom. The molecule has 4 heteroatoms. The van der Waals surface area contributed by atoms with Crippen molar-refractivity contribution in [3.8, 4) is 11.3 Å². The molecule has 24 heavy (non-hydrogen) atoms. The molecule has 1 aromatic heterocycles. The van der Waals surface area contributed by atoms with Crippen LogP contribution < -0.4 is 5.32 Å². The summed E-state index contributed by atoms with van der Waals surface area (Å²) >= 11 is 0. The van der Waals surface area contributed by atoms with Gasteiger partial charge in [0.15, 0.2) is 0 Å². The van der Waals surface area contributed by atoms with Gasteiger partial charge >= 0.3 is 0 Å². The van der Waals surface area contributed by atoms with Crippen LogP contribution in [0.4, 0.5) is 0 Å². The third-order valence-corrected chi connectivity index (χ3v) is 5.93. The largest absolute Gasteiger partial charge is 0.360 e. The first kappa shape index (κ1) is 15.4. The summed E-state index contributed by atoms with van der Waals surface area (Å²) in [7, 11) is 0. The molecule has 1 amide bonds. The summed E-state index contributed by atoms with van der Waals surface area (Å²) in [4.78, 5) is 12.9. The number of amides is 1. The van der Waals surface area contributed by atoms with Crippen molar-refractivity contribution in [3.05, 3.63) is 41.7 Å². The normalized spacial score (nSPS) is 26.5. The molecule has 0 radical (unpaired) electrons. The number of hydrogen-bond acceptors (Lipinski definition) is 3. The van der Waals surface area contributed by atoms with Crippen LogP contribution >= 0.6 is 0 Å². The van der Waals surface area contributed by atoms with Crippen molar-refractivity contribution in [2.24, 2.45) is 17.8 Å². The molecule has 2 aliphatic carbocycles. The van der Waals surface area contributed by atoms with Crippen LogP contribution in [-0.4, -0.2) is 17.1 Å². The second-order valence-electron chi connectivity index (χ2n) is 7.43. The van der Waals surface area contributed by atoms with Gasteiger partial charge in [0, 0.05) is 11.6 Å². The van der Waals surface area contributed by atoms with E-state index in [1.54, 1.807) is 6.92 Å². The van der Waals surface area contributed by atoms with E-state index in [1.807, 2.05) is 30.3 Å². The SMILES string of the molecule is Cc1onc(-c2ccccc2)c1C(=O)N[C@H](C)[C@H]1C[C@@H]2CC[C@@H]1C2. The van der Waals surface area contributed by atoms with Crippen LogP contribution in [0, 0.1) is 24.7 Å². The summed E-state index contributed by atoms with van der Waals surface area (Å²) in [5.41, 5.74) is 2.11. The molecule has 2 aliphatic rings. The Morgan fingerprint density at radius 3 is 2.71 bits per heavy atom. The number of aromatic nitrogens is 1. The van der Waals surface area contributed by atoms with E-state index in [2.05, 4.69) is 17.4 Å². The first-order valence-electron chi connectivity index (χ1n) is 8.96. The highest BCUT2D eigenvalue weighted by molar-refractivity contribution is 6.00. The van der Waals surface area contributed by atoms with E-state index in [0.717, 1.165) is 17.4 Å². The van der Waals surface area contributed by atoms with E-state index >= 15 is 0 Å². The Labute approximate surface area is 142 Å². The molecule has 0 unspecified atom stereocenters. The molecule has 2 saturated carbocycles. The first-order chi connectivity index (χ1) is 11.6. The van der Waals surface area contributed by atoms with Crippen molar-refractivity contribution in [2.45, 2.75) is 45.6 Å². The van der Waals surface area contributed by atoms with Gasteiger partial charge < -0.3 is 9.84 Å². The van der Waals surface area contributed by atoms with E-state index in [0.29, 0.717) is 22.9 Å². The molecule has 1 heterocycles. The minimum absolute atomic E-state index is 0.0668. The number of aryl methyl sites for hydroxylation is 1. The van der Waals surface area contributed by atoms with Gasteiger partial charge in [-0.1, -0.05) is 41.9 Å². The van der Waals surface area contributed by atoms with Crippen LogP contribution in [0.5, 0.6) is 0 Å². The van der Waals surface area contributed by atoms with Crippen LogP contribution in [0.15, 0.2) is 34.9 Å². The molecular formula is C20H24N2O2. The predicted molar refractivity (Wildman–Crippen MR) is 92.5 cm³/mol. The van der Waals surface area contributed by atoms with Crippen LogP contribution in [0.2, 0.25) is 0 Å². The predicted octanol–water partition coefficient (Wildman–Crippen LogP) is 4.20. The van der Waals surface area contributed by atoms with Crippen molar-refractivity contribution in [2.75, 3.05) is 0 Å². The molecule has 2 aromatic rings. The maximum Gasteiger partial charge on any atom is 0.257 e. The summed E-state index contributed by atoms with van der Waals surface area (Å²) in [6.45, 7) is 3.95. The van der Waals surface area contributed by atoms with Gasteiger partial charge in [-0.15, -0.1) is 0 Å². The van der Waals surface area contributed by atoms with Gasteiger partial charge in [-0.25, -0.2) is 0 Å². The van der Waals surface area contributed by atoms with Gasteiger partial charge in [-0.3, -0.25) is 4.79 Å². The van der Waals surface area contributed by atoms with Crippen LogP contribution in [0.1, 0.15) is 48.7 Å². The fraction of sp³-hybridized carbons (Fsp3) is 0.500. The molecule has 4 rings (SSSR count). The van der Waals surface area contributed by atoms with E-state index in [4.69, 9.17) is 4.52 Å². The highest BCUT2D eigenvalue weighted by atomic mass is 16.5. The number of nitrogens with one attached hydrogen (secondary N) is 1. The van der Waals surface area contributed by atoms with Crippen molar-refractivity contribution in [3.63, 3.8) is 0 Å². The van der Waals surface area contributed by atoms with Crippen molar-refractivity contribution in [1.82, 2.24) is 10.5 Å². The van der Waals surface area contributed by atoms with Crippen LogP contribution in [0.25, 0.3) is 11.3 Å². The quantitative estimate of drug-likeness (QED) is 0.917. The third kappa shape index (κ3) is 2.64. The molecule has 0 saturated heterocycles. The van der Waals surface area contributed by atoms with E-state index in [1.165, 1.54) is 25.7 Å². The summed E-state index contributed by atoms with van der Waals surface area (Å²) in [5, 5.41) is 7.34. The molecular weight excluding hydrogens is 300 g/mol. The molecule has 4 nitrogen and oxygen atoms in total. The van der Waals surface area contributed by atoms with E-state index in [9.17, 15) is 4.79 Å². The lowest BCUT2D eigenvalue weighted by Gasteiger charge is -2.28. The number of nitrogens with zero attached hydrogens (tertiary/aromatic N) is 1. The van der Waals surface area contributed by atoms with Gasteiger partial charge in [-0.05, 0) is 50.9 Å². The minimum Gasteiger partial charge on any atom is -0.360 e. The topological polar surface area (TPSA) is 55.1 Å². The summed E-state index contributed by atoms with van der Waals surface area (Å²) in [6, 6.07) is 9.94. The number of benzene rings is 1. The zero-order valence-electron chi connectivity index (χ0n) is 14.3. The van der Waals surface area contributed by atoms with E-state index < -0.39 is 0 Å². The Kier molecular flexibility index (Phi) is 3.91. The standard InChI is InChI=1S/C20H24N2O2/c1-12(17-11-14-8-9-16(17)10-14)21-20(23)18-13(2)24-22-19(18)15-6-4-3-5-7-15/h3-7,12,14,16-17H,8-11H2,1-2H3,(H,21,23)/t12-,14-,16-,17-/m1/s1. The van der Waals surface area contributed by atoms with Gasteiger partial charge in [0.2, 0.25) is 0 Å². The molecule has 2 bridgehead atoms. The smallest absolute Gasteiger partial charge is 0.257 e. The first-order valence-corrected chi connectivity index (χ1v) is 8.96. The summed E-state index contributed by atoms with van der Waals surface area (Å²) in [6.07, 6.45) is 5.33. The molecule has 0 aliphatic heterocycles. The third-order valence-electron chi connectivity index (χ3n) is 5.93. The average molecular weight is 324 g/mol. The Bertz CT molecular complexity index is 737. The van der Waals surface area contributed by atoms with Crippen molar-refractivity contribution >= 4 is 5.91 Å². The molecule has 1 aromatic carbocycles. The van der Waals surface area contributed by atoms with Crippen LogP contribution in [0.3, 0.4) is 0 Å². The maximum atomic E-state index is 12.9. The second kappa shape index (κ2) is 6.08. The fourth-order valence-electron chi connectivity index (χ4n) is 4.72. The number of carbonyl (C=O) groups excluding carboxylic acids is 1. The zero-order valence-corrected chi connectivity index (χ0v) is 14.3. The Morgan fingerprint density at radius 1 is 1.25 bits per heavy atom. The van der Waals surface area contributed by atoms with Gasteiger partial charge in [0.05, 0.1) is 0 Å². The molecule has 0 spiro atoms. The van der Waals surface area contributed by atoms with Crippen molar-refractivity contribution in [1.29, 1.82) is 0 Å². The molecule has 1 N–H and O–H groups in total. The minimum atomic E-state index is -0.0668. The fourth-order valence-corrected chi connectivity index (χ4v) is 4.72. The number of hydrogen-bond donors (Lipinski definition) is 1. The maximum absolute atomic E-state index is 12.9. The highest BCUT2D eigenvalue weighted by Crippen LogP contribution is 2.49. The van der Waals surface area contributed by atoms with Gasteiger partial charge in [-0.2, -0.15) is 0 Å². The lowest BCUT2D eigenvalue weighted by Crippen LogP contribution is -2.40. The number of rotatable bonds is 4.